The number of nitrogens with two attached hydrogens (primary N) is 1. The first-order chi connectivity index (χ1) is 7.35. The van der Waals surface area contributed by atoms with Gasteiger partial charge >= 0.3 is 7.12 Å². The van der Waals surface area contributed by atoms with E-state index in [1.807, 2.05) is 6.92 Å². The molecule has 4 rings (SSSR count). The quantitative estimate of drug-likeness (QED) is 0.686. The van der Waals surface area contributed by atoms with Crippen LogP contribution in [0.4, 0.5) is 0 Å². The van der Waals surface area contributed by atoms with Crippen LogP contribution in [0.15, 0.2) is 0 Å². The van der Waals surface area contributed by atoms with Gasteiger partial charge < -0.3 is 15.0 Å². The van der Waals surface area contributed by atoms with Crippen LogP contribution in [0.2, 0.25) is 0 Å². The lowest BCUT2D eigenvalue weighted by Crippen LogP contribution is -2.65. The Kier molecular flexibility index (Phi) is 2.10. The Morgan fingerprint density at radius 1 is 1.31 bits per heavy atom. The van der Waals surface area contributed by atoms with E-state index in [4.69, 9.17) is 15.0 Å². The minimum atomic E-state index is -0.204. The summed E-state index contributed by atoms with van der Waals surface area (Å²) < 4.78 is 12.1. The van der Waals surface area contributed by atoms with E-state index in [0.29, 0.717) is 11.3 Å². The number of rotatable bonds is 1. The fourth-order valence-corrected chi connectivity index (χ4v) is 4.13. The third kappa shape index (κ3) is 1.16. The lowest BCUT2D eigenvalue weighted by molar-refractivity contribution is -0.199. The van der Waals surface area contributed by atoms with Crippen LogP contribution in [0.1, 0.15) is 40.5 Å². The van der Waals surface area contributed by atoms with Crippen LogP contribution < -0.4 is 5.73 Å². The van der Waals surface area contributed by atoms with Gasteiger partial charge in [-0.05, 0) is 37.0 Å². The first-order valence-electron chi connectivity index (χ1n) is 6.44. The highest BCUT2D eigenvalue weighted by atomic mass is 16.7. The summed E-state index contributed by atoms with van der Waals surface area (Å²) in [4.78, 5) is 0. The van der Waals surface area contributed by atoms with Crippen molar-refractivity contribution >= 4 is 7.12 Å². The monoisotopic (exact) mass is 223 g/mol. The van der Waals surface area contributed by atoms with Gasteiger partial charge in [0.1, 0.15) is 0 Å². The van der Waals surface area contributed by atoms with Gasteiger partial charge in [-0.2, -0.15) is 0 Å². The standard InChI is InChI=1S/C12H22BNO2/c1-7(14)13-15-10-6-8-5-9(11(8,2)3)12(10,4)16-13/h7-10H,5-6,14H2,1-4H3/t7-,8-,9+,10+,12-/m1/s1. The van der Waals surface area contributed by atoms with Gasteiger partial charge in [0, 0.05) is 5.94 Å². The average molecular weight is 223 g/mol. The van der Waals surface area contributed by atoms with Gasteiger partial charge in [0.25, 0.3) is 0 Å². The Labute approximate surface area is 98.2 Å². The van der Waals surface area contributed by atoms with Gasteiger partial charge in [-0.3, -0.25) is 0 Å². The zero-order chi connectivity index (χ0) is 11.7. The minimum absolute atomic E-state index is 0.0391. The molecular formula is C12H22BNO2. The van der Waals surface area contributed by atoms with Crippen LogP contribution >= 0.6 is 0 Å². The predicted molar refractivity (Wildman–Crippen MR) is 63.8 cm³/mol. The van der Waals surface area contributed by atoms with Crippen LogP contribution in [0.3, 0.4) is 0 Å². The molecule has 1 heterocycles. The normalized spacial score (nSPS) is 50.8. The average Bonchev–Trinajstić information content (AvgIpc) is 2.54. The molecule has 0 aromatic heterocycles. The van der Waals surface area contributed by atoms with E-state index >= 15 is 0 Å². The Hall–Kier alpha value is -0.0551. The molecule has 0 unspecified atom stereocenters. The summed E-state index contributed by atoms with van der Waals surface area (Å²) in [7, 11) is -0.204. The Morgan fingerprint density at radius 2 is 2.00 bits per heavy atom. The highest BCUT2D eigenvalue weighted by molar-refractivity contribution is 6.47. The van der Waals surface area contributed by atoms with Crippen LogP contribution in [0.25, 0.3) is 0 Å². The number of hydrogen-bond donors (Lipinski definition) is 1. The Bertz CT molecular complexity index is 320. The number of hydrogen-bond acceptors (Lipinski definition) is 3. The molecule has 0 radical (unpaired) electrons. The summed E-state index contributed by atoms with van der Waals surface area (Å²) in [6, 6.07) is 0. The summed E-state index contributed by atoms with van der Waals surface area (Å²) in [5.41, 5.74) is 6.20. The molecule has 3 aliphatic carbocycles. The summed E-state index contributed by atoms with van der Waals surface area (Å²) in [5.74, 6) is 1.40. The molecule has 2 bridgehead atoms. The molecule has 0 aromatic carbocycles. The van der Waals surface area contributed by atoms with Crippen molar-refractivity contribution in [2.75, 3.05) is 0 Å². The molecule has 0 amide bonds. The molecule has 3 saturated carbocycles. The van der Waals surface area contributed by atoms with Crippen LogP contribution in [0.5, 0.6) is 0 Å². The first-order valence-corrected chi connectivity index (χ1v) is 6.44. The molecule has 1 saturated heterocycles. The Morgan fingerprint density at radius 3 is 2.56 bits per heavy atom. The molecule has 0 aromatic rings. The fraction of sp³-hybridized carbons (Fsp3) is 1.00. The predicted octanol–water partition coefficient (Wildman–Crippen LogP) is 1.60. The molecule has 1 aliphatic heterocycles. The minimum Gasteiger partial charge on any atom is -0.404 e. The van der Waals surface area contributed by atoms with Gasteiger partial charge in [-0.1, -0.05) is 20.8 Å². The van der Waals surface area contributed by atoms with E-state index in [9.17, 15) is 0 Å². The third-order valence-corrected chi connectivity index (χ3v) is 5.40. The van der Waals surface area contributed by atoms with Crippen molar-refractivity contribution in [3.63, 3.8) is 0 Å². The van der Waals surface area contributed by atoms with Crippen molar-refractivity contribution in [1.29, 1.82) is 0 Å². The van der Waals surface area contributed by atoms with Crippen LogP contribution in [-0.4, -0.2) is 24.8 Å². The second-order valence-electron chi connectivity index (χ2n) is 6.70. The SMILES string of the molecule is C[C@@H](N)B1O[C@H]2C[C@H]3C[C@@H](C3(C)C)[C@@]2(C)O1. The lowest BCUT2D eigenvalue weighted by Gasteiger charge is -2.64. The maximum atomic E-state index is 6.15. The van der Waals surface area contributed by atoms with Gasteiger partial charge in [0.05, 0.1) is 11.7 Å². The van der Waals surface area contributed by atoms with E-state index in [-0.39, 0.29) is 24.8 Å². The highest BCUT2D eigenvalue weighted by Gasteiger charge is 2.68. The van der Waals surface area contributed by atoms with E-state index in [1.54, 1.807) is 0 Å². The topological polar surface area (TPSA) is 44.5 Å². The second-order valence-corrected chi connectivity index (χ2v) is 6.70. The zero-order valence-electron chi connectivity index (χ0n) is 10.7. The molecule has 16 heavy (non-hydrogen) atoms. The molecule has 2 N–H and O–H groups in total. The smallest absolute Gasteiger partial charge is 0.404 e. The van der Waals surface area contributed by atoms with Crippen molar-refractivity contribution in [2.24, 2.45) is 23.0 Å². The highest BCUT2D eigenvalue weighted by Crippen LogP contribution is 2.65. The Balaban J connectivity index is 1.87. The maximum absolute atomic E-state index is 6.15. The molecule has 3 nitrogen and oxygen atoms in total. The van der Waals surface area contributed by atoms with Gasteiger partial charge in [0.15, 0.2) is 0 Å². The molecule has 4 fully saturated rings. The van der Waals surface area contributed by atoms with Crippen molar-refractivity contribution in [3.8, 4) is 0 Å². The van der Waals surface area contributed by atoms with E-state index in [2.05, 4.69) is 20.8 Å². The van der Waals surface area contributed by atoms with Crippen LogP contribution in [0, 0.1) is 17.3 Å². The van der Waals surface area contributed by atoms with Gasteiger partial charge in [-0.25, -0.2) is 0 Å². The summed E-state index contributed by atoms with van der Waals surface area (Å²) >= 11 is 0. The summed E-state index contributed by atoms with van der Waals surface area (Å²) in [6.07, 6.45) is 2.71. The lowest BCUT2D eigenvalue weighted by atomic mass is 9.43. The molecular weight excluding hydrogens is 201 g/mol. The molecule has 5 atom stereocenters. The molecule has 0 spiro atoms. The summed E-state index contributed by atoms with van der Waals surface area (Å²) in [6.45, 7) is 8.93. The van der Waals surface area contributed by atoms with Crippen molar-refractivity contribution in [2.45, 2.75) is 58.2 Å². The van der Waals surface area contributed by atoms with E-state index in [0.717, 1.165) is 12.3 Å². The van der Waals surface area contributed by atoms with Crippen LogP contribution in [-0.2, 0) is 9.31 Å². The van der Waals surface area contributed by atoms with Gasteiger partial charge in [0.2, 0.25) is 0 Å². The van der Waals surface area contributed by atoms with E-state index < -0.39 is 0 Å². The maximum Gasteiger partial charge on any atom is 0.475 e. The zero-order valence-corrected chi connectivity index (χ0v) is 10.7. The first kappa shape index (κ1) is 11.1. The second kappa shape index (κ2) is 3.03. The van der Waals surface area contributed by atoms with Crippen molar-refractivity contribution in [1.82, 2.24) is 0 Å². The van der Waals surface area contributed by atoms with Gasteiger partial charge in [-0.15, -0.1) is 0 Å². The molecule has 4 heteroatoms. The summed E-state index contributed by atoms with van der Waals surface area (Å²) in [5, 5.41) is 0. The third-order valence-electron chi connectivity index (χ3n) is 5.40. The van der Waals surface area contributed by atoms with Crippen molar-refractivity contribution in [3.05, 3.63) is 0 Å². The largest absolute Gasteiger partial charge is 0.475 e. The van der Waals surface area contributed by atoms with E-state index in [1.165, 1.54) is 6.42 Å². The molecule has 4 aliphatic rings. The van der Waals surface area contributed by atoms with Crippen molar-refractivity contribution < 1.29 is 9.31 Å². The molecule has 90 valence electrons. The fourth-order valence-electron chi connectivity index (χ4n) is 4.13.